The predicted octanol–water partition coefficient (Wildman–Crippen LogP) is 4.75. The Morgan fingerprint density at radius 1 is 1.00 bits per heavy atom. The summed E-state index contributed by atoms with van der Waals surface area (Å²) in [4.78, 5) is 31.8. The van der Waals surface area contributed by atoms with E-state index in [1.807, 2.05) is 50.2 Å². The van der Waals surface area contributed by atoms with Gasteiger partial charge in [0.1, 0.15) is 6.10 Å². The molecule has 146 valence electrons. The van der Waals surface area contributed by atoms with Crippen molar-refractivity contribution in [2.24, 2.45) is 0 Å². The average molecular weight is 390 g/mol. The van der Waals surface area contributed by atoms with Crippen molar-refractivity contribution in [3.05, 3.63) is 71.8 Å². The van der Waals surface area contributed by atoms with Gasteiger partial charge in [0.15, 0.2) is 5.78 Å². The van der Waals surface area contributed by atoms with Crippen LogP contribution in [0.4, 0.5) is 0 Å². The number of hydrogen-bond donors (Lipinski definition) is 2. The molecular formula is C21H27O5P. The quantitative estimate of drug-likeness (QED) is 0.452. The van der Waals surface area contributed by atoms with Crippen molar-refractivity contribution in [1.82, 2.24) is 0 Å². The Balaban J connectivity index is 2.37. The van der Waals surface area contributed by atoms with Crippen LogP contribution in [0, 0.1) is 0 Å². The number of carbonyl (C=O) groups is 1. The smallest absolute Gasteiger partial charge is 0.325 e. The van der Waals surface area contributed by atoms with Crippen LogP contribution in [-0.2, 0) is 9.30 Å². The maximum Gasteiger partial charge on any atom is 0.325 e. The number of ketones is 1. The topological polar surface area (TPSA) is 83.8 Å². The van der Waals surface area contributed by atoms with Gasteiger partial charge in [-0.3, -0.25) is 9.36 Å². The molecule has 2 rings (SSSR count). The van der Waals surface area contributed by atoms with Gasteiger partial charge in [-0.25, -0.2) is 0 Å². The highest BCUT2D eigenvalue weighted by molar-refractivity contribution is 7.51. The summed E-state index contributed by atoms with van der Waals surface area (Å²) in [7, 11) is -4.15. The SMILES string of the molecule is CCC(CC)(CCP(=O)(O)O)OC(C(=O)c1ccccc1)c1ccccc1. The number of ether oxygens (including phenoxy) is 1. The summed E-state index contributed by atoms with van der Waals surface area (Å²) >= 11 is 0. The van der Waals surface area contributed by atoms with Gasteiger partial charge in [0.25, 0.3) is 0 Å². The summed E-state index contributed by atoms with van der Waals surface area (Å²) in [6.07, 6.45) is 0.195. The molecule has 0 saturated heterocycles. The second-order valence-corrected chi connectivity index (χ2v) is 8.44. The first kappa shape index (κ1) is 21.5. The third kappa shape index (κ3) is 6.12. The van der Waals surface area contributed by atoms with Crippen LogP contribution in [0.5, 0.6) is 0 Å². The number of rotatable bonds is 10. The zero-order valence-electron chi connectivity index (χ0n) is 15.7. The summed E-state index contributed by atoms with van der Waals surface area (Å²) in [5, 5.41) is 0. The van der Waals surface area contributed by atoms with Gasteiger partial charge in [-0.05, 0) is 24.8 Å². The van der Waals surface area contributed by atoms with Gasteiger partial charge >= 0.3 is 7.60 Å². The second-order valence-electron chi connectivity index (χ2n) is 6.67. The molecule has 0 saturated carbocycles. The fraction of sp³-hybridized carbons (Fsp3) is 0.381. The lowest BCUT2D eigenvalue weighted by Gasteiger charge is -2.36. The van der Waals surface area contributed by atoms with Crippen LogP contribution in [-0.4, -0.2) is 27.3 Å². The fourth-order valence-corrected chi connectivity index (χ4v) is 3.78. The van der Waals surface area contributed by atoms with Gasteiger partial charge in [0.2, 0.25) is 0 Å². The van der Waals surface area contributed by atoms with Crippen molar-refractivity contribution >= 4 is 13.4 Å². The van der Waals surface area contributed by atoms with Crippen molar-refractivity contribution in [2.75, 3.05) is 6.16 Å². The summed E-state index contributed by atoms with van der Waals surface area (Å²) < 4.78 is 17.7. The van der Waals surface area contributed by atoms with Crippen molar-refractivity contribution in [2.45, 2.75) is 44.8 Å². The normalized spacial score (nSPS) is 13.3. The molecule has 0 bridgehead atoms. The highest BCUT2D eigenvalue weighted by atomic mass is 31.2. The van der Waals surface area contributed by atoms with E-state index in [1.54, 1.807) is 24.3 Å². The van der Waals surface area contributed by atoms with Crippen LogP contribution in [0.25, 0.3) is 0 Å². The molecule has 1 unspecified atom stereocenters. The third-order valence-electron chi connectivity index (χ3n) is 4.91. The van der Waals surface area contributed by atoms with E-state index in [4.69, 9.17) is 4.74 Å². The van der Waals surface area contributed by atoms with E-state index < -0.39 is 19.3 Å². The van der Waals surface area contributed by atoms with E-state index in [1.165, 1.54) is 0 Å². The van der Waals surface area contributed by atoms with E-state index in [2.05, 4.69) is 0 Å². The number of carbonyl (C=O) groups excluding carboxylic acids is 1. The summed E-state index contributed by atoms with van der Waals surface area (Å²) in [6, 6.07) is 18.2. The van der Waals surface area contributed by atoms with Gasteiger partial charge in [0.05, 0.1) is 11.8 Å². The highest BCUT2D eigenvalue weighted by Gasteiger charge is 2.36. The van der Waals surface area contributed by atoms with Gasteiger partial charge in [-0.15, -0.1) is 0 Å². The summed E-state index contributed by atoms with van der Waals surface area (Å²) in [5.41, 5.74) is 0.489. The molecule has 2 aromatic rings. The molecule has 1 atom stereocenters. The molecule has 2 aromatic carbocycles. The predicted molar refractivity (Wildman–Crippen MR) is 106 cm³/mol. The largest absolute Gasteiger partial charge is 0.359 e. The molecule has 0 aliphatic heterocycles. The summed E-state index contributed by atoms with van der Waals surface area (Å²) in [6.45, 7) is 3.83. The Hall–Kier alpha value is -1.78. The minimum absolute atomic E-state index is 0.163. The lowest BCUT2D eigenvalue weighted by Crippen LogP contribution is -2.36. The monoisotopic (exact) mass is 390 g/mol. The molecule has 2 N–H and O–H groups in total. The van der Waals surface area contributed by atoms with E-state index >= 15 is 0 Å². The minimum atomic E-state index is -4.15. The first-order valence-electron chi connectivity index (χ1n) is 9.17. The molecule has 5 nitrogen and oxygen atoms in total. The van der Waals surface area contributed by atoms with Gasteiger partial charge < -0.3 is 14.5 Å². The number of benzene rings is 2. The molecule has 27 heavy (non-hydrogen) atoms. The molecule has 0 spiro atoms. The zero-order chi connectivity index (χ0) is 19.9. The van der Waals surface area contributed by atoms with Crippen molar-refractivity contribution in [1.29, 1.82) is 0 Å². The highest BCUT2D eigenvalue weighted by Crippen LogP contribution is 2.41. The molecule has 0 aliphatic carbocycles. The average Bonchev–Trinajstić information content (AvgIpc) is 2.69. The van der Waals surface area contributed by atoms with Gasteiger partial charge in [-0.1, -0.05) is 74.5 Å². The molecule has 0 amide bonds. The zero-order valence-corrected chi connectivity index (χ0v) is 16.6. The van der Waals surface area contributed by atoms with E-state index in [9.17, 15) is 19.1 Å². The minimum Gasteiger partial charge on any atom is -0.359 e. The van der Waals surface area contributed by atoms with E-state index in [0.717, 1.165) is 5.56 Å². The molecule has 0 radical (unpaired) electrons. The Bertz CT molecular complexity index is 766. The van der Waals surface area contributed by atoms with Gasteiger partial charge in [-0.2, -0.15) is 0 Å². The summed E-state index contributed by atoms with van der Waals surface area (Å²) in [5.74, 6) is -0.163. The molecule has 0 aromatic heterocycles. The van der Waals surface area contributed by atoms with Crippen molar-refractivity contribution in [3.8, 4) is 0 Å². The first-order valence-corrected chi connectivity index (χ1v) is 11.0. The molecule has 0 aliphatic rings. The molecular weight excluding hydrogens is 363 g/mol. The molecule has 6 heteroatoms. The van der Waals surface area contributed by atoms with Crippen molar-refractivity contribution in [3.63, 3.8) is 0 Å². The van der Waals surface area contributed by atoms with Crippen LogP contribution in [0.15, 0.2) is 60.7 Å². The van der Waals surface area contributed by atoms with Crippen LogP contribution >= 0.6 is 7.60 Å². The third-order valence-corrected chi connectivity index (χ3v) is 5.72. The lowest BCUT2D eigenvalue weighted by molar-refractivity contribution is -0.0883. The van der Waals surface area contributed by atoms with Crippen LogP contribution in [0.2, 0.25) is 0 Å². The van der Waals surface area contributed by atoms with Crippen molar-refractivity contribution < 1.29 is 23.9 Å². The maximum atomic E-state index is 13.2. The van der Waals surface area contributed by atoms with E-state index in [0.29, 0.717) is 18.4 Å². The standard InChI is InChI=1S/C21H27O5P/c1-3-21(4-2,15-16-27(23,24)25)26-20(18-13-9-6-10-14-18)19(22)17-11-7-5-8-12-17/h5-14,20H,3-4,15-16H2,1-2H3,(H2,23,24,25). The van der Waals surface area contributed by atoms with Crippen LogP contribution in [0.3, 0.4) is 0 Å². The Kier molecular flexibility index (Phi) is 7.51. The van der Waals surface area contributed by atoms with Crippen LogP contribution in [0.1, 0.15) is 55.1 Å². The fourth-order valence-electron chi connectivity index (χ4n) is 3.08. The second kappa shape index (κ2) is 9.43. The number of hydrogen-bond acceptors (Lipinski definition) is 3. The number of Topliss-reactive ketones (excluding diaryl/α,β-unsaturated/α-hetero) is 1. The maximum absolute atomic E-state index is 13.2. The first-order chi connectivity index (χ1) is 12.8. The van der Waals surface area contributed by atoms with Gasteiger partial charge in [0, 0.05) is 5.56 Å². The Labute approximate surface area is 160 Å². The Morgan fingerprint density at radius 2 is 1.52 bits per heavy atom. The molecule has 0 heterocycles. The lowest BCUT2D eigenvalue weighted by atomic mass is 9.91. The Morgan fingerprint density at radius 3 is 2.00 bits per heavy atom. The van der Waals surface area contributed by atoms with E-state index in [-0.39, 0.29) is 18.4 Å². The van der Waals surface area contributed by atoms with Crippen LogP contribution < -0.4 is 0 Å². The molecule has 0 fully saturated rings.